The highest BCUT2D eigenvalue weighted by molar-refractivity contribution is 5.98. The smallest absolute Gasteiger partial charge is 0.260 e. The Morgan fingerprint density at radius 2 is 2.14 bits per heavy atom. The van der Waals surface area contributed by atoms with Crippen molar-refractivity contribution in [3.8, 4) is 17.2 Å². The quantitative estimate of drug-likeness (QED) is 0.777. The van der Waals surface area contributed by atoms with Crippen LogP contribution in [0.5, 0.6) is 17.2 Å². The van der Waals surface area contributed by atoms with Crippen LogP contribution in [0.25, 0.3) is 0 Å². The van der Waals surface area contributed by atoms with Gasteiger partial charge in [0.2, 0.25) is 18.4 Å². The predicted octanol–water partition coefficient (Wildman–Crippen LogP) is 2.11. The molecule has 0 bridgehead atoms. The number of hydrogen-bond acceptors (Lipinski definition) is 6. The van der Waals surface area contributed by atoms with Gasteiger partial charge in [-0.15, -0.1) is 0 Å². The molecule has 29 heavy (non-hydrogen) atoms. The number of methoxy groups -OCH3 is 1. The average molecular weight is 393 g/mol. The van der Waals surface area contributed by atoms with Crippen LogP contribution in [0.15, 0.2) is 43.0 Å². The minimum atomic E-state index is -0.267. The highest BCUT2D eigenvalue weighted by Crippen LogP contribution is 2.47. The third kappa shape index (κ3) is 2.63. The monoisotopic (exact) mass is 393 g/mol. The molecule has 0 saturated heterocycles. The molecule has 1 aromatic heterocycles. The van der Waals surface area contributed by atoms with Crippen molar-refractivity contribution < 1.29 is 23.8 Å². The predicted molar refractivity (Wildman–Crippen MR) is 102 cm³/mol. The number of nitrogens with zero attached hydrogens (tertiary/aromatic N) is 3. The van der Waals surface area contributed by atoms with E-state index in [9.17, 15) is 9.59 Å². The number of aromatic nitrogens is 1. The second kappa shape index (κ2) is 6.51. The van der Waals surface area contributed by atoms with Gasteiger partial charge in [-0.25, -0.2) is 0 Å². The summed E-state index contributed by atoms with van der Waals surface area (Å²) in [5.41, 5.74) is 2.33. The number of carbonyl (C=O) groups is 2. The summed E-state index contributed by atoms with van der Waals surface area (Å²) in [6.45, 7) is 2.04. The normalized spacial score (nSPS) is 21.7. The third-order valence-electron chi connectivity index (χ3n) is 5.63. The molecule has 2 aromatic rings. The lowest BCUT2D eigenvalue weighted by Crippen LogP contribution is -2.53. The van der Waals surface area contributed by atoms with Crippen molar-refractivity contribution in [2.75, 3.05) is 20.4 Å². The van der Waals surface area contributed by atoms with E-state index in [2.05, 4.69) is 4.98 Å². The van der Waals surface area contributed by atoms with Crippen LogP contribution in [0.4, 0.5) is 0 Å². The first-order valence-corrected chi connectivity index (χ1v) is 9.28. The Hall–Kier alpha value is -3.55. The Morgan fingerprint density at radius 3 is 2.93 bits per heavy atom. The van der Waals surface area contributed by atoms with Gasteiger partial charge in [-0.2, -0.15) is 0 Å². The van der Waals surface area contributed by atoms with E-state index < -0.39 is 0 Å². The van der Waals surface area contributed by atoms with E-state index in [0.717, 1.165) is 11.1 Å². The minimum Gasteiger partial charge on any atom is -0.493 e. The Labute approximate surface area is 167 Å². The molecule has 0 saturated carbocycles. The van der Waals surface area contributed by atoms with Crippen molar-refractivity contribution in [1.29, 1.82) is 0 Å². The van der Waals surface area contributed by atoms with Gasteiger partial charge in [-0.1, -0.05) is 0 Å². The minimum absolute atomic E-state index is 0.0732. The van der Waals surface area contributed by atoms with E-state index in [1.165, 1.54) is 6.92 Å². The van der Waals surface area contributed by atoms with E-state index in [0.29, 0.717) is 29.4 Å². The molecule has 0 fully saturated rings. The third-order valence-corrected chi connectivity index (χ3v) is 5.63. The van der Waals surface area contributed by atoms with Crippen LogP contribution in [0.3, 0.4) is 0 Å². The summed E-state index contributed by atoms with van der Waals surface area (Å²) in [5.74, 6) is 1.36. The topological polar surface area (TPSA) is 81.2 Å². The summed E-state index contributed by atoms with van der Waals surface area (Å²) in [7, 11) is 1.58. The first kappa shape index (κ1) is 17.5. The van der Waals surface area contributed by atoms with Crippen LogP contribution in [-0.4, -0.2) is 53.1 Å². The number of carbonyl (C=O) groups excluding carboxylic acids is 2. The largest absolute Gasteiger partial charge is 0.493 e. The van der Waals surface area contributed by atoms with Crippen LogP contribution in [0.1, 0.15) is 34.3 Å². The molecular formula is C21H19N3O5. The maximum Gasteiger partial charge on any atom is 0.260 e. The van der Waals surface area contributed by atoms with Crippen molar-refractivity contribution in [1.82, 2.24) is 14.8 Å². The maximum absolute atomic E-state index is 13.1. The van der Waals surface area contributed by atoms with E-state index in [1.807, 2.05) is 18.2 Å². The molecule has 0 radical (unpaired) electrons. The molecule has 3 aliphatic rings. The number of hydrogen-bond donors (Lipinski definition) is 0. The van der Waals surface area contributed by atoms with Crippen molar-refractivity contribution in [3.63, 3.8) is 0 Å². The zero-order chi connectivity index (χ0) is 20.1. The Morgan fingerprint density at radius 1 is 1.28 bits per heavy atom. The molecular weight excluding hydrogens is 374 g/mol. The van der Waals surface area contributed by atoms with Crippen molar-refractivity contribution in [3.05, 3.63) is 59.7 Å². The van der Waals surface area contributed by atoms with E-state index in [4.69, 9.17) is 14.2 Å². The summed E-state index contributed by atoms with van der Waals surface area (Å²) in [6, 6.07) is 5.43. The van der Waals surface area contributed by atoms with Crippen LogP contribution < -0.4 is 14.2 Å². The van der Waals surface area contributed by atoms with Crippen molar-refractivity contribution in [2.24, 2.45) is 0 Å². The van der Waals surface area contributed by atoms with Crippen LogP contribution in [-0.2, 0) is 4.79 Å². The first-order valence-electron chi connectivity index (χ1n) is 9.28. The number of ether oxygens (including phenoxy) is 3. The molecule has 148 valence electrons. The van der Waals surface area contributed by atoms with Crippen molar-refractivity contribution in [2.45, 2.75) is 18.9 Å². The van der Waals surface area contributed by atoms with Gasteiger partial charge in [-0.05, 0) is 29.3 Å². The van der Waals surface area contributed by atoms with Crippen molar-refractivity contribution >= 4 is 11.8 Å². The van der Waals surface area contributed by atoms with Gasteiger partial charge in [0.25, 0.3) is 5.91 Å². The molecule has 4 heterocycles. The fraction of sp³-hybridized carbons (Fsp3) is 0.286. The average Bonchev–Trinajstić information content (AvgIpc) is 3.22. The number of fused-ring (bicyclic) bond motifs is 3. The molecule has 1 aromatic carbocycles. The standard InChI is InChI=1S/C21H19N3O5/c1-12(25)23-5-6-24-16(10-23)19(14-3-4-22-9-15(14)21(24)26)13-7-17(27-2)20-18(8-13)28-11-29-20/h3-9,16,19H,10-11H2,1-2H3/t16-,19+/m1/s1. The molecule has 5 rings (SSSR count). The maximum atomic E-state index is 13.1. The molecule has 3 aliphatic heterocycles. The molecule has 0 N–H and O–H groups in total. The molecule has 0 aliphatic carbocycles. The number of amides is 2. The molecule has 2 atom stereocenters. The zero-order valence-corrected chi connectivity index (χ0v) is 16.0. The number of rotatable bonds is 2. The lowest BCUT2D eigenvalue weighted by atomic mass is 9.78. The van der Waals surface area contributed by atoms with Crippen LogP contribution in [0, 0.1) is 0 Å². The van der Waals surface area contributed by atoms with Crippen LogP contribution >= 0.6 is 0 Å². The fourth-order valence-electron chi connectivity index (χ4n) is 4.26. The molecule has 8 nitrogen and oxygen atoms in total. The van der Waals surface area contributed by atoms with E-state index >= 15 is 0 Å². The van der Waals surface area contributed by atoms with Gasteiger partial charge in [0.05, 0.1) is 18.7 Å². The Balaban J connectivity index is 1.69. The second-order valence-corrected chi connectivity index (χ2v) is 7.15. The first-order chi connectivity index (χ1) is 14.1. The summed E-state index contributed by atoms with van der Waals surface area (Å²) in [5, 5.41) is 0. The van der Waals surface area contributed by atoms with E-state index in [-0.39, 0.29) is 30.6 Å². The summed E-state index contributed by atoms with van der Waals surface area (Å²) in [6.07, 6.45) is 6.59. The zero-order valence-electron chi connectivity index (χ0n) is 16.0. The summed E-state index contributed by atoms with van der Waals surface area (Å²) < 4.78 is 16.6. The lowest BCUT2D eigenvalue weighted by Gasteiger charge is -2.44. The molecule has 2 amide bonds. The highest BCUT2D eigenvalue weighted by atomic mass is 16.7. The lowest BCUT2D eigenvalue weighted by molar-refractivity contribution is -0.127. The molecule has 8 heteroatoms. The van der Waals surface area contributed by atoms with E-state index in [1.54, 1.807) is 41.7 Å². The Bertz CT molecular complexity index is 1050. The SMILES string of the molecule is COc1cc([C@H]2c3ccncc3C(=O)N3C=CN(C(C)=O)C[C@H]23)cc2c1OCO2. The Kier molecular flexibility index (Phi) is 3.94. The van der Waals surface area contributed by atoms with Gasteiger partial charge < -0.3 is 24.0 Å². The van der Waals surface area contributed by atoms with Gasteiger partial charge in [-0.3, -0.25) is 14.6 Å². The molecule has 0 spiro atoms. The van der Waals surface area contributed by atoms with Gasteiger partial charge >= 0.3 is 0 Å². The summed E-state index contributed by atoms with van der Waals surface area (Å²) >= 11 is 0. The van der Waals surface area contributed by atoms with Gasteiger partial charge in [0.1, 0.15) is 0 Å². The molecule has 0 unspecified atom stereocenters. The second-order valence-electron chi connectivity index (χ2n) is 7.15. The fourth-order valence-corrected chi connectivity index (χ4v) is 4.26. The van der Waals surface area contributed by atoms with Gasteiger partial charge in [0, 0.05) is 44.2 Å². The highest BCUT2D eigenvalue weighted by Gasteiger charge is 2.43. The number of pyridine rings is 1. The summed E-state index contributed by atoms with van der Waals surface area (Å²) in [4.78, 5) is 32.5. The van der Waals surface area contributed by atoms with Gasteiger partial charge in [0.15, 0.2) is 11.5 Å². The number of benzene rings is 1. The van der Waals surface area contributed by atoms with Crippen LogP contribution in [0.2, 0.25) is 0 Å².